The molecule has 1 aliphatic carbocycles. The lowest BCUT2D eigenvalue weighted by molar-refractivity contribution is -0.129. The van der Waals surface area contributed by atoms with E-state index in [4.69, 9.17) is 0 Å². The summed E-state index contributed by atoms with van der Waals surface area (Å²) in [4.78, 5) is 23.3. The molecule has 0 heterocycles. The molecule has 2 amide bonds. The number of hydrogen-bond acceptors (Lipinski definition) is 3. The molecule has 0 atom stereocenters. The summed E-state index contributed by atoms with van der Waals surface area (Å²) in [5.41, 5.74) is 3.26. The van der Waals surface area contributed by atoms with Crippen molar-refractivity contribution in [3.63, 3.8) is 0 Å². The molecular weight excluding hydrogens is 266 g/mol. The third-order valence-corrected chi connectivity index (χ3v) is 3.49. The summed E-state index contributed by atoms with van der Waals surface area (Å²) in [5.74, 6) is -0.621. The Morgan fingerprint density at radius 3 is 2.52 bits per heavy atom. The molecule has 2 rings (SSSR count). The molecule has 1 fully saturated rings. The molecule has 1 aromatic carbocycles. The molecule has 112 valence electrons. The molecule has 0 saturated heterocycles. The number of carbonyl (C=O) groups excluding carboxylic acids is 2. The first-order chi connectivity index (χ1) is 10.2. The van der Waals surface area contributed by atoms with Crippen LogP contribution in [0.25, 0.3) is 0 Å². The number of rotatable bonds is 5. The van der Waals surface area contributed by atoms with Gasteiger partial charge in [-0.05, 0) is 18.4 Å². The van der Waals surface area contributed by atoms with Crippen molar-refractivity contribution in [3.8, 4) is 0 Å². The highest BCUT2D eigenvalue weighted by Gasteiger charge is 2.17. The number of nitrogens with one attached hydrogen (secondary N) is 2. The van der Waals surface area contributed by atoms with E-state index in [1.165, 1.54) is 6.42 Å². The Labute approximate surface area is 124 Å². The maximum atomic E-state index is 11.7. The molecule has 1 aliphatic rings. The summed E-state index contributed by atoms with van der Waals surface area (Å²) >= 11 is 0. The molecule has 0 bridgehead atoms. The van der Waals surface area contributed by atoms with E-state index >= 15 is 0 Å². The third kappa shape index (κ3) is 5.77. The molecule has 1 aromatic rings. The van der Waals surface area contributed by atoms with Crippen molar-refractivity contribution in [1.29, 1.82) is 0 Å². The lowest BCUT2D eigenvalue weighted by Gasteiger charge is -2.22. The fourth-order valence-electron chi connectivity index (χ4n) is 2.43. The van der Waals surface area contributed by atoms with E-state index in [2.05, 4.69) is 15.8 Å². The Bertz CT molecular complexity index is 494. The van der Waals surface area contributed by atoms with Crippen LogP contribution >= 0.6 is 0 Å². The van der Waals surface area contributed by atoms with Crippen molar-refractivity contribution >= 4 is 18.0 Å². The van der Waals surface area contributed by atoms with E-state index in [1.807, 2.05) is 30.3 Å². The fourth-order valence-corrected chi connectivity index (χ4v) is 2.43. The molecular formula is C16H21N3O2. The van der Waals surface area contributed by atoms with Gasteiger partial charge in [-0.25, -0.2) is 5.43 Å². The van der Waals surface area contributed by atoms with Crippen LogP contribution in [0.4, 0.5) is 0 Å². The normalized spacial score (nSPS) is 15.8. The minimum Gasteiger partial charge on any atom is -0.353 e. The lowest BCUT2D eigenvalue weighted by Crippen LogP contribution is -2.38. The molecule has 21 heavy (non-hydrogen) atoms. The second-order valence-electron chi connectivity index (χ2n) is 5.28. The standard InChI is InChI=1S/C16H21N3O2/c20-15(18-14-9-5-2-6-10-14)11-16(21)19-17-12-13-7-3-1-4-8-13/h1,3-4,7-8,12,14H,2,5-6,9-11H2,(H,18,20)(H,19,21). The lowest BCUT2D eigenvalue weighted by atomic mass is 9.95. The molecule has 1 saturated carbocycles. The molecule has 2 N–H and O–H groups in total. The Morgan fingerprint density at radius 1 is 1.10 bits per heavy atom. The number of hydrogen-bond donors (Lipinski definition) is 2. The highest BCUT2D eigenvalue weighted by atomic mass is 16.2. The van der Waals surface area contributed by atoms with Crippen LogP contribution in [-0.2, 0) is 9.59 Å². The van der Waals surface area contributed by atoms with E-state index in [-0.39, 0.29) is 18.4 Å². The Morgan fingerprint density at radius 2 is 1.81 bits per heavy atom. The van der Waals surface area contributed by atoms with Crippen molar-refractivity contribution < 1.29 is 9.59 Å². The summed E-state index contributed by atoms with van der Waals surface area (Å²) in [6.07, 6.45) is 6.94. The highest BCUT2D eigenvalue weighted by Crippen LogP contribution is 2.17. The number of carbonyl (C=O) groups is 2. The molecule has 5 heteroatoms. The van der Waals surface area contributed by atoms with Crippen LogP contribution in [0.1, 0.15) is 44.1 Å². The van der Waals surface area contributed by atoms with Gasteiger partial charge in [-0.15, -0.1) is 0 Å². The largest absolute Gasteiger partial charge is 0.353 e. The maximum Gasteiger partial charge on any atom is 0.249 e. The number of benzene rings is 1. The van der Waals surface area contributed by atoms with E-state index in [9.17, 15) is 9.59 Å². The van der Waals surface area contributed by atoms with Crippen LogP contribution in [0.5, 0.6) is 0 Å². The number of hydrazone groups is 1. The van der Waals surface area contributed by atoms with Crippen LogP contribution in [-0.4, -0.2) is 24.1 Å². The Balaban J connectivity index is 1.69. The Kier molecular flexibility index (Phi) is 5.94. The van der Waals surface area contributed by atoms with E-state index in [1.54, 1.807) is 6.21 Å². The zero-order valence-corrected chi connectivity index (χ0v) is 12.0. The fraction of sp³-hybridized carbons (Fsp3) is 0.438. The van der Waals surface area contributed by atoms with E-state index in [0.717, 1.165) is 31.2 Å². The van der Waals surface area contributed by atoms with Gasteiger partial charge in [-0.3, -0.25) is 9.59 Å². The molecule has 0 spiro atoms. The zero-order chi connectivity index (χ0) is 14.9. The van der Waals surface area contributed by atoms with E-state index in [0.29, 0.717) is 0 Å². The quantitative estimate of drug-likeness (QED) is 0.494. The maximum absolute atomic E-state index is 11.7. The highest BCUT2D eigenvalue weighted by molar-refractivity contribution is 5.97. The van der Waals surface area contributed by atoms with Gasteiger partial charge in [-0.1, -0.05) is 49.6 Å². The summed E-state index contributed by atoms with van der Waals surface area (Å²) in [5, 5.41) is 6.74. The van der Waals surface area contributed by atoms with Gasteiger partial charge in [-0.2, -0.15) is 5.10 Å². The predicted octanol–water partition coefficient (Wildman–Crippen LogP) is 1.98. The van der Waals surface area contributed by atoms with Gasteiger partial charge in [0.25, 0.3) is 0 Å². The summed E-state index contributed by atoms with van der Waals surface area (Å²) in [6.45, 7) is 0. The van der Waals surface area contributed by atoms with Gasteiger partial charge in [0.2, 0.25) is 11.8 Å². The van der Waals surface area contributed by atoms with Crippen molar-refractivity contribution in [2.45, 2.75) is 44.6 Å². The zero-order valence-electron chi connectivity index (χ0n) is 12.0. The molecule has 5 nitrogen and oxygen atoms in total. The smallest absolute Gasteiger partial charge is 0.249 e. The van der Waals surface area contributed by atoms with Gasteiger partial charge >= 0.3 is 0 Å². The number of nitrogens with zero attached hydrogens (tertiary/aromatic N) is 1. The first kappa shape index (κ1) is 15.2. The number of amides is 2. The minimum atomic E-state index is -0.393. The third-order valence-electron chi connectivity index (χ3n) is 3.49. The average Bonchev–Trinajstić information content (AvgIpc) is 2.49. The van der Waals surface area contributed by atoms with Crippen molar-refractivity contribution in [2.75, 3.05) is 0 Å². The van der Waals surface area contributed by atoms with Crippen LogP contribution in [0.2, 0.25) is 0 Å². The van der Waals surface area contributed by atoms with Crippen LogP contribution < -0.4 is 10.7 Å². The van der Waals surface area contributed by atoms with Crippen LogP contribution in [0.15, 0.2) is 35.4 Å². The van der Waals surface area contributed by atoms with Gasteiger partial charge in [0.05, 0.1) is 6.21 Å². The van der Waals surface area contributed by atoms with Crippen molar-refractivity contribution in [1.82, 2.24) is 10.7 Å². The molecule has 0 aliphatic heterocycles. The topological polar surface area (TPSA) is 70.6 Å². The first-order valence-electron chi connectivity index (χ1n) is 7.40. The second-order valence-corrected chi connectivity index (χ2v) is 5.28. The monoisotopic (exact) mass is 287 g/mol. The molecule has 0 aromatic heterocycles. The van der Waals surface area contributed by atoms with Crippen LogP contribution in [0.3, 0.4) is 0 Å². The molecule has 0 radical (unpaired) electrons. The van der Waals surface area contributed by atoms with Crippen molar-refractivity contribution in [3.05, 3.63) is 35.9 Å². The van der Waals surface area contributed by atoms with Gasteiger partial charge in [0, 0.05) is 6.04 Å². The minimum absolute atomic E-state index is 0.178. The average molecular weight is 287 g/mol. The van der Waals surface area contributed by atoms with Gasteiger partial charge in [0.1, 0.15) is 6.42 Å². The molecule has 0 unspecified atom stereocenters. The Hall–Kier alpha value is -2.17. The summed E-state index contributed by atoms with van der Waals surface area (Å²) in [7, 11) is 0. The second kappa shape index (κ2) is 8.19. The van der Waals surface area contributed by atoms with Gasteiger partial charge < -0.3 is 5.32 Å². The van der Waals surface area contributed by atoms with Crippen LogP contribution in [0, 0.1) is 0 Å². The summed E-state index contributed by atoms with van der Waals surface area (Å²) in [6, 6.07) is 9.68. The van der Waals surface area contributed by atoms with Gasteiger partial charge in [0.15, 0.2) is 0 Å². The predicted molar refractivity (Wildman–Crippen MR) is 81.8 cm³/mol. The van der Waals surface area contributed by atoms with Crippen molar-refractivity contribution in [2.24, 2.45) is 5.10 Å². The summed E-state index contributed by atoms with van der Waals surface area (Å²) < 4.78 is 0. The van der Waals surface area contributed by atoms with E-state index < -0.39 is 5.91 Å². The first-order valence-corrected chi connectivity index (χ1v) is 7.40. The SMILES string of the molecule is O=C(CC(=O)NC1CCCCC1)NN=Cc1ccccc1.